The Balaban J connectivity index is 2.97. The van der Waals surface area contributed by atoms with Crippen LogP contribution in [0.2, 0.25) is 0 Å². The Hall–Kier alpha value is -1.62. The number of carbonyl (C=O) groups is 1. The van der Waals surface area contributed by atoms with Gasteiger partial charge in [-0.1, -0.05) is 6.92 Å². The predicted octanol–water partition coefficient (Wildman–Crippen LogP) is 1.92. The molecule has 1 heterocycles. The highest BCUT2D eigenvalue weighted by atomic mass is 16.3. The van der Waals surface area contributed by atoms with Crippen LogP contribution in [0.4, 0.5) is 5.82 Å². The molecule has 0 aliphatic carbocycles. The van der Waals surface area contributed by atoms with Gasteiger partial charge in [0.2, 0.25) is 0 Å². The van der Waals surface area contributed by atoms with Gasteiger partial charge in [0.1, 0.15) is 5.82 Å². The maximum atomic E-state index is 12.5. The minimum absolute atomic E-state index is 0.00259. The fourth-order valence-corrected chi connectivity index (χ4v) is 2.01. The van der Waals surface area contributed by atoms with Crippen LogP contribution < -0.4 is 5.32 Å². The molecule has 2 N–H and O–H groups in total. The number of nitrogens with one attached hydrogen (secondary N) is 1. The zero-order valence-corrected chi connectivity index (χ0v) is 12.6. The van der Waals surface area contributed by atoms with Gasteiger partial charge in [-0.25, -0.2) is 4.98 Å². The minimum atomic E-state index is -0.00259. The maximum absolute atomic E-state index is 12.5. The van der Waals surface area contributed by atoms with Gasteiger partial charge in [-0.05, 0) is 38.8 Å². The standard InChI is InChI=1S/C15H25N3O2/c1-4-13-10-12(11-14(17-13)16-5-2)15(20)18(6-3)8-7-9-19/h10-11,19H,4-9H2,1-3H3,(H,16,17). The van der Waals surface area contributed by atoms with Crippen LogP contribution in [-0.2, 0) is 6.42 Å². The summed E-state index contributed by atoms with van der Waals surface area (Å²) in [5, 5.41) is 12.1. The molecule has 0 unspecified atom stereocenters. The SMILES string of the molecule is CCNc1cc(C(=O)N(CC)CCCO)cc(CC)n1. The molecule has 0 bridgehead atoms. The summed E-state index contributed by atoms with van der Waals surface area (Å²) in [6, 6.07) is 3.65. The third-order valence-corrected chi connectivity index (χ3v) is 3.10. The van der Waals surface area contributed by atoms with E-state index >= 15 is 0 Å². The van der Waals surface area contributed by atoms with Gasteiger partial charge in [0.05, 0.1) is 0 Å². The molecule has 0 saturated heterocycles. The third-order valence-electron chi connectivity index (χ3n) is 3.10. The van der Waals surface area contributed by atoms with Crippen LogP contribution in [0.1, 0.15) is 43.2 Å². The van der Waals surface area contributed by atoms with E-state index in [-0.39, 0.29) is 12.5 Å². The molecule has 1 aromatic heterocycles. The van der Waals surface area contributed by atoms with Crippen LogP contribution in [0.25, 0.3) is 0 Å². The van der Waals surface area contributed by atoms with Crippen LogP contribution in [0, 0.1) is 0 Å². The topological polar surface area (TPSA) is 65.5 Å². The number of aliphatic hydroxyl groups excluding tert-OH is 1. The van der Waals surface area contributed by atoms with E-state index < -0.39 is 0 Å². The quantitative estimate of drug-likeness (QED) is 0.763. The van der Waals surface area contributed by atoms with Crippen LogP contribution in [0.5, 0.6) is 0 Å². The number of hydrogen-bond acceptors (Lipinski definition) is 4. The second kappa shape index (κ2) is 8.53. The van der Waals surface area contributed by atoms with Gasteiger partial charge in [-0.2, -0.15) is 0 Å². The van der Waals surface area contributed by atoms with Crippen molar-refractivity contribution in [3.05, 3.63) is 23.4 Å². The first-order chi connectivity index (χ1) is 9.65. The minimum Gasteiger partial charge on any atom is -0.396 e. The number of pyridine rings is 1. The van der Waals surface area contributed by atoms with Crippen LogP contribution in [0.3, 0.4) is 0 Å². The lowest BCUT2D eigenvalue weighted by molar-refractivity contribution is 0.0754. The number of hydrogen-bond donors (Lipinski definition) is 2. The molecule has 0 atom stereocenters. The smallest absolute Gasteiger partial charge is 0.254 e. The molecule has 1 rings (SSSR count). The summed E-state index contributed by atoms with van der Waals surface area (Å²) in [6.45, 7) is 8.06. The Kier molecular flexibility index (Phi) is 7.01. The van der Waals surface area contributed by atoms with E-state index in [1.54, 1.807) is 11.0 Å². The molecule has 0 radical (unpaired) electrons. The van der Waals surface area contributed by atoms with Crippen molar-refractivity contribution in [2.24, 2.45) is 0 Å². The van der Waals surface area contributed by atoms with Crippen molar-refractivity contribution in [3.63, 3.8) is 0 Å². The van der Waals surface area contributed by atoms with E-state index in [9.17, 15) is 4.79 Å². The fraction of sp³-hybridized carbons (Fsp3) is 0.600. The van der Waals surface area contributed by atoms with Crippen LogP contribution >= 0.6 is 0 Å². The first kappa shape index (κ1) is 16.4. The molecule has 1 aromatic rings. The molecular formula is C15H25N3O2. The van der Waals surface area contributed by atoms with Gasteiger partial charge in [-0.3, -0.25) is 4.79 Å². The number of carbonyl (C=O) groups excluding carboxylic acids is 1. The number of anilines is 1. The first-order valence-corrected chi connectivity index (χ1v) is 7.31. The zero-order chi connectivity index (χ0) is 15.0. The summed E-state index contributed by atoms with van der Waals surface area (Å²) >= 11 is 0. The van der Waals surface area contributed by atoms with Gasteiger partial charge in [0.25, 0.3) is 5.91 Å². The maximum Gasteiger partial charge on any atom is 0.254 e. The van der Waals surface area contributed by atoms with Gasteiger partial charge >= 0.3 is 0 Å². The second-order valence-electron chi connectivity index (χ2n) is 4.58. The van der Waals surface area contributed by atoms with Crippen molar-refractivity contribution >= 4 is 11.7 Å². The van der Waals surface area contributed by atoms with E-state index in [1.807, 2.05) is 26.8 Å². The van der Waals surface area contributed by atoms with Gasteiger partial charge in [0, 0.05) is 37.5 Å². The van der Waals surface area contributed by atoms with Gasteiger partial charge < -0.3 is 15.3 Å². The number of nitrogens with zero attached hydrogens (tertiary/aromatic N) is 2. The summed E-state index contributed by atoms with van der Waals surface area (Å²) < 4.78 is 0. The molecule has 0 aliphatic rings. The fourth-order valence-electron chi connectivity index (χ4n) is 2.01. The van der Waals surface area contributed by atoms with Crippen LogP contribution in [0.15, 0.2) is 12.1 Å². The highest BCUT2D eigenvalue weighted by Gasteiger charge is 2.15. The number of rotatable bonds is 8. The van der Waals surface area contributed by atoms with E-state index in [0.717, 1.165) is 24.5 Å². The Morgan fingerprint density at radius 2 is 2.10 bits per heavy atom. The summed E-state index contributed by atoms with van der Waals surface area (Å²) in [7, 11) is 0. The van der Waals surface area contributed by atoms with Crippen molar-refractivity contribution in [2.45, 2.75) is 33.6 Å². The van der Waals surface area contributed by atoms with E-state index in [1.165, 1.54) is 0 Å². The summed E-state index contributed by atoms with van der Waals surface area (Å²) in [5.74, 6) is 0.741. The Labute approximate surface area is 121 Å². The Morgan fingerprint density at radius 3 is 2.65 bits per heavy atom. The molecule has 20 heavy (non-hydrogen) atoms. The molecule has 5 nitrogen and oxygen atoms in total. The van der Waals surface area contributed by atoms with Crippen molar-refractivity contribution in [1.29, 1.82) is 0 Å². The van der Waals surface area contributed by atoms with Crippen LogP contribution in [-0.4, -0.2) is 47.1 Å². The molecule has 112 valence electrons. The highest BCUT2D eigenvalue weighted by Crippen LogP contribution is 2.14. The molecular weight excluding hydrogens is 254 g/mol. The van der Waals surface area contributed by atoms with E-state index in [2.05, 4.69) is 10.3 Å². The van der Waals surface area contributed by atoms with Crippen molar-refractivity contribution in [2.75, 3.05) is 31.6 Å². The van der Waals surface area contributed by atoms with E-state index in [0.29, 0.717) is 25.1 Å². The average molecular weight is 279 g/mol. The average Bonchev–Trinajstić information content (AvgIpc) is 2.47. The Morgan fingerprint density at radius 1 is 1.35 bits per heavy atom. The van der Waals surface area contributed by atoms with Gasteiger partial charge in [-0.15, -0.1) is 0 Å². The normalized spacial score (nSPS) is 10.4. The number of aryl methyl sites for hydroxylation is 1. The third kappa shape index (κ3) is 4.49. The zero-order valence-electron chi connectivity index (χ0n) is 12.6. The molecule has 0 saturated carbocycles. The highest BCUT2D eigenvalue weighted by molar-refractivity contribution is 5.95. The molecule has 0 spiro atoms. The second-order valence-corrected chi connectivity index (χ2v) is 4.58. The summed E-state index contributed by atoms with van der Waals surface area (Å²) in [4.78, 5) is 18.7. The van der Waals surface area contributed by atoms with Crippen molar-refractivity contribution in [3.8, 4) is 0 Å². The molecule has 0 fully saturated rings. The lowest BCUT2D eigenvalue weighted by Crippen LogP contribution is -2.32. The van der Waals surface area contributed by atoms with Crippen molar-refractivity contribution < 1.29 is 9.90 Å². The van der Waals surface area contributed by atoms with Crippen molar-refractivity contribution in [1.82, 2.24) is 9.88 Å². The van der Waals surface area contributed by atoms with E-state index in [4.69, 9.17) is 5.11 Å². The largest absolute Gasteiger partial charge is 0.396 e. The Bertz CT molecular complexity index is 435. The molecule has 1 amide bonds. The monoisotopic (exact) mass is 279 g/mol. The predicted molar refractivity (Wildman–Crippen MR) is 81.1 cm³/mol. The number of amides is 1. The molecule has 0 aromatic carbocycles. The summed E-state index contributed by atoms with van der Waals surface area (Å²) in [6.07, 6.45) is 1.40. The van der Waals surface area contributed by atoms with Gasteiger partial charge in [0.15, 0.2) is 0 Å². The lowest BCUT2D eigenvalue weighted by atomic mass is 10.1. The number of aliphatic hydroxyl groups is 1. The molecule has 0 aliphatic heterocycles. The first-order valence-electron chi connectivity index (χ1n) is 7.31. The molecule has 5 heteroatoms. The summed E-state index contributed by atoms with van der Waals surface area (Å²) in [5.41, 5.74) is 1.57. The number of aromatic nitrogens is 1. The lowest BCUT2D eigenvalue weighted by Gasteiger charge is -2.21.